The van der Waals surface area contributed by atoms with Crippen molar-refractivity contribution in [2.24, 2.45) is 4.99 Å². The van der Waals surface area contributed by atoms with Crippen molar-refractivity contribution in [3.63, 3.8) is 0 Å². The van der Waals surface area contributed by atoms with Crippen molar-refractivity contribution in [3.8, 4) is 0 Å². The summed E-state index contributed by atoms with van der Waals surface area (Å²) in [6.07, 6.45) is 2.03. The molecule has 1 aromatic carbocycles. The Kier molecular flexibility index (Phi) is 13.5. The van der Waals surface area contributed by atoms with E-state index in [1.807, 2.05) is 36.9 Å². The zero-order valence-electron chi connectivity index (χ0n) is 17.7. The zero-order valence-corrected chi connectivity index (χ0v) is 20.1. The van der Waals surface area contributed by atoms with Crippen LogP contribution >= 0.6 is 24.0 Å². The molecule has 0 aromatic heterocycles. The molecule has 1 fully saturated rings. The number of aliphatic imine (C=N–C) groups is 1. The van der Waals surface area contributed by atoms with Crippen LogP contribution in [0.15, 0.2) is 35.3 Å². The van der Waals surface area contributed by atoms with Gasteiger partial charge in [0, 0.05) is 58.2 Å². The summed E-state index contributed by atoms with van der Waals surface area (Å²) >= 11 is 0. The molecule has 0 radical (unpaired) electrons. The number of para-hydroxylation sites is 1. The predicted octanol–water partition coefficient (Wildman–Crippen LogP) is 2.32. The largest absolute Gasteiger partial charge is 0.382 e. The van der Waals surface area contributed by atoms with E-state index in [1.165, 1.54) is 5.69 Å². The second-order valence-electron chi connectivity index (χ2n) is 6.73. The number of anilines is 1. The van der Waals surface area contributed by atoms with Gasteiger partial charge in [0.2, 0.25) is 5.91 Å². The minimum absolute atomic E-state index is 0. The third-order valence-corrected chi connectivity index (χ3v) is 4.68. The van der Waals surface area contributed by atoms with Gasteiger partial charge in [-0.1, -0.05) is 18.2 Å². The standard InChI is InChI=1S/C21H35N5O2.HI/c1-3-22-21(23-12-8-9-17-28-4-2)24-18-20(27)26-15-13-25(14-16-26)19-10-6-5-7-11-19;/h5-7,10-11H,3-4,8-9,12-18H2,1-2H3,(H2,22,23,24);1H. The fourth-order valence-electron chi connectivity index (χ4n) is 3.12. The van der Waals surface area contributed by atoms with E-state index in [-0.39, 0.29) is 36.4 Å². The molecule has 0 saturated carbocycles. The van der Waals surface area contributed by atoms with E-state index < -0.39 is 0 Å². The van der Waals surface area contributed by atoms with Crippen molar-refractivity contribution < 1.29 is 9.53 Å². The lowest BCUT2D eigenvalue weighted by Crippen LogP contribution is -2.49. The molecule has 0 spiro atoms. The molecule has 0 atom stereocenters. The maximum absolute atomic E-state index is 12.5. The molecule has 1 aliphatic rings. The van der Waals surface area contributed by atoms with E-state index in [9.17, 15) is 4.79 Å². The minimum Gasteiger partial charge on any atom is -0.382 e. The molecule has 164 valence electrons. The molecule has 0 aliphatic carbocycles. The van der Waals surface area contributed by atoms with Crippen LogP contribution < -0.4 is 15.5 Å². The Morgan fingerprint density at radius 3 is 2.45 bits per heavy atom. The van der Waals surface area contributed by atoms with Crippen LogP contribution in [-0.4, -0.2) is 75.8 Å². The molecule has 1 amide bonds. The number of benzene rings is 1. The van der Waals surface area contributed by atoms with Gasteiger partial charge in [-0.25, -0.2) is 4.99 Å². The molecule has 29 heavy (non-hydrogen) atoms. The molecule has 0 bridgehead atoms. The first-order chi connectivity index (χ1) is 13.7. The Morgan fingerprint density at radius 1 is 1.07 bits per heavy atom. The molecule has 1 aromatic rings. The van der Waals surface area contributed by atoms with Gasteiger partial charge in [0.1, 0.15) is 6.54 Å². The van der Waals surface area contributed by atoms with Crippen molar-refractivity contribution in [1.29, 1.82) is 0 Å². The summed E-state index contributed by atoms with van der Waals surface area (Å²) in [5.41, 5.74) is 1.22. The number of hydrogen-bond donors (Lipinski definition) is 2. The first kappa shape index (κ1) is 25.5. The lowest BCUT2D eigenvalue weighted by molar-refractivity contribution is -0.129. The van der Waals surface area contributed by atoms with Gasteiger partial charge < -0.3 is 25.2 Å². The predicted molar refractivity (Wildman–Crippen MR) is 130 cm³/mol. The molecule has 1 saturated heterocycles. The number of carbonyl (C=O) groups is 1. The van der Waals surface area contributed by atoms with E-state index in [0.29, 0.717) is 5.96 Å². The maximum atomic E-state index is 12.5. The number of guanidine groups is 1. The summed E-state index contributed by atoms with van der Waals surface area (Å²) in [6.45, 7) is 10.6. The third-order valence-electron chi connectivity index (χ3n) is 4.68. The normalized spacial score (nSPS) is 14.3. The molecule has 2 rings (SSSR count). The third kappa shape index (κ3) is 9.66. The number of ether oxygens (including phenoxy) is 1. The number of nitrogens with zero attached hydrogens (tertiary/aromatic N) is 3. The minimum atomic E-state index is 0. The number of rotatable bonds is 10. The van der Waals surface area contributed by atoms with Crippen LogP contribution in [0.2, 0.25) is 0 Å². The summed E-state index contributed by atoms with van der Waals surface area (Å²) in [7, 11) is 0. The highest BCUT2D eigenvalue weighted by Gasteiger charge is 2.20. The molecule has 1 aliphatic heterocycles. The Morgan fingerprint density at radius 2 is 1.79 bits per heavy atom. The first-order valence-corrected chi connectivity index (χ1v) is 10.4. The average Bonchev–Trinajstić information content (AvgIpc) is 2.75. The first-order valence-electron chi connectivity index (χ1n) is 10.4. The Balaban J connectivity index is 0.00000420. The summed E-state index contributed by atoms with van der Waals surface area (Å²) < 4.78 is 5.34. The number of piperazine rings is 1. The fourth-order valence-corrected chi connectivity index (χ4v) is 3.12. The molecular formula is C21H36IN5O2. The van der Waals surface area contributed by atoms with Gasteiger partial charge >= 0.3 is 0 Å². The van der Waals surface area contributed by atoms with Crippen molar-refractivity contribution in [1.82, 2.24) is 15.5 Å². The van der Waals surface area contributed by atoms with Gasteiger partial charge in [-0.05, 0) is 38.8 Å². The Labute approximate surface area is 192 Å². The number of hydrogen-bond acceptors (Lipinski definition) is 4. The van der Waals surface area contributed by atoms with Gasteiger partial charge in [-0.3, -0.25) is 4.79 Å². The second kappa shape index (κ2) is 15.3. The molecular weight excluding hydrogens is 481 g/mol. The van der Waals surface area contributed by atoms with Crippen LogP contribution in [0.1, 0.15) is 26.7 Å². The smallest absolute Gasteiger partial charge is 0.244 e. The zero-order chi connectivity index (χ0) is 20.0. The van der Waals surface area contributed by atoms with Crippen molar-refractivity contribution in [2.75, 3.05) is 63.9 Å². The van der Waals surface area contributed by atoms with Crippen LogP contribution in [0.3, 0.4) is 0 Å². The second-order valence-corrected chi connectivity index (χ2v) is 6.73. The van der Waals surface area contributed by atoms with E-state index in [2.05, 4.69) is 32.7 Å². The number of amides is 1. The van der Waals surface area contributed by atoms with E-state index in [0.717, 1.165) is 65.3 Å². The van der Waals surface area contributed by atoms with E-state index in [1.54, 1.807) is 0 Å². The molecule has 0 unspecified atom stereocenters. The topological polar surface area (TPSA) is 69.2 Å². The van der Waals surface area contributed by atoms with Gasteiger partial charge in [-0.2, -0.15) is 0 Å². The molecule has 1 heterocycles. The highest BCUT2D eigenvalue weighted by atomic mass is 127. The summed E-state index contributed by atoms with van der Waals surface area (Å²) in [4.78, 5) is 21.2. The van der Waals surface area contributed by atoms with Crippen molar-refractivity contribution in [2.45, 2.75) is 26.7 Å². The van der Waals surface area contributed by atoms with E-state index in [4.69, 9.17) is 4.74 Å². The van der Waals surface area contributed by atoms with Crippen molar-refractivity contribution >= 4 is 41.5 Å². The number of nitrogens with one attached hydrogen (secondary N) is 2. The highest BCUT2D eigenvalue weighted by molar-refractivity contribution is 14.0. The van der Waals surface area contributed by atoms with Gasteiger partial charge in [0.25, 0.3) is 0 Å². The summed E-state index contributed by atoms with van der Waals surface area (Å²) in [6, 6.07) is 10.4. The Bertz CT molecular complexity index is 592. The van der Waals surface area contributed by atoms with Crippen LogP contribution in [0.5, 0.6) is 0 Å². The van der Waals surface area contributed by atoms with E-state index >= 15 is 0 Å². The number of unbranched alkanes of at least 4 members (excludes halogenated alkanes) is 1. The van der Waals surface area contributed by atoms with Crippen LogP contribution in [0.4, 0.5) is 5.69 Å². The van der Waals surface area contributed by atoms with Gasteiger partial charge in [0.05, 0.1) is 0 Å². The monoisotopic (exact) mass is 517 g/mol. The van der Waals surface area contributed by atoms with Crippen LogP contribution in [0.25, 0.3) is 0 Å². The van der Waals surface area contributed by atoms with Crippen LogP contribution in [-0.2, 0) is 9.53 Å². The number of halogens is 1. The highest BCUT2D eigenvalue weighted by Crippen LogP contribution is 2.15. The summed E-state index contributed by atoms with van der Waals surface area (Å²) in [5, 5.41) is 6.49. The lowest BCUT2D eigenvalue weighted by Gasteiger charge is -2.36. The maximum Gasteiger partial charge on any atom is 0.244 e. The quantitative estimate of drug-likeness (QED) is 0.216. The molecule has 8 heteroatoms. The summed E-state index contributed by atoms with van der Waals surface area (Å²) in [5.74, 6) is 0.788. The van der Waals surface area contributed by atoms with Gasteiger partial charge in [-0.15, -0.1) is 24.0 Å². The fraction of sp³-hybridized carbons (Fsp3) is 0.619. The lowest BCUT2D eigenvalue weighted by atomic mass is 10.2. The molecule has 7 nitrogen and oxygen atoms in total. The Hall–Kier alpha value is -1.55. The SMILES string of the molecule is CCNC(=NCC(=O)N1CCN(c2ccccc2)CC1)NCCCCOCC.I. The average molecular weight is 517 g/mol. The van der Waals surface area contributed by atoms with Crippen LogP contribution in [0, 0.1) is 0 Å². The van der Waals surface area contributed by atoms with Gasteiger partial charge in [0.15, 0.2) is 5.96 Å². The number of carbonyl (C=O) groups excluding carboxylic acids is 1. The van der Waals surface area contributed by atoms with Crippen molar-refractivity contribution in [3.05, 3.63) is 30.3 Å². The molecule has 2 N–H and O–H groups in total.